The number of halogens is 4. The molecule has 1 saturated carbocycles. The van der Waals surface area contributed by atoms with Gasteiger partial charge in [-0.2, -0.15) is 0 Å². The van der Waals surface area contributed by atoms with Crippen LogP contribution in [0.4, 0.5) is 0 Å². The summed E-state index contributed by atoms with van der Waals surface area (Å²) in [5.74, 6) is 2.31. The summed E-state index contributed by atoms with van der Waals surface area (Å²) in [4.78, 5) is 25.3. The van der Waals surface area contributed by atoms with Crippen molar-refractivity contribution >= 4 is 58.0 Å². The molecule has 2 atom stereocenters. The fourth-order valence-corrected chi connectivity index (χ4v) is 6.09. The van der Waals surface area contributed by atoms with Gasteiger partial charge in [-0.1, -0.05) is 58.5 Å². The third kappa shape index (κ3) is 7.87. The Morgan fingerprint density at radius 3 is 1.38 bits per heavy atom. The van der Waals surface area contributed by atoms with Gasteiger partial charge < -0.3 is 18.9 Å². The zero-order valence-corrected chi connectivity index (χ0v) is 27.6. The quantitative estimate of drug-likeness (QED) is 0.138. The van der Waals surface area contributed by atoms with Crippen molar-refractivity contribution in [2.75, 3.05) is 27.4 Å². The van der Waals surface area contributed by atoms with Gasteiger partial charge in [0, 0.05) is 11.1 Å². The van der Waals surface area contributed by atoms with Crippen LogP contribution in [0.25, 0.3) is 0 Å². The number of ether oxygens (including phenoxy) is 4. The maximum atomic E-state index is 12.6. The summed E-state index contributed by atoms with van der Waals surface area (Å²) in [7, 11) is 3.16. The lowest BCUT2D eigenvalue weighted by atomic mass is 9.92. The fourth-order valence-electron chi connectivity index (χ4n) is 5.49. The first-order valence-corrected chi connectivity index (χ1v) is 15.8. The normalized spacial score (nSPS) is 15.9. The Kier molecular flexibility index (Phi) is 10.8. The molecule has 1 aliphatic carbocycles. The molecule has 45 heavy (non-hydrogen) atoms. The Bertz CT molecular complexity index is 1600. The lowest BCUT2D eigenvalue weighted by molar-refractivity contribution is 0.0912. The number of methoxy groups -OCH3 is 2. The number of carbonyl (C=O) groups is 2. The van der Waals surface area contributed by atoms with E-state index in [1.54, 1.807) is 38.5 Å². The van der Waals surface area contributed by atoms with E-state index in [9.17, 15) is 9.59 Å². The number of hydrogen-bond acceptors (Lipinski definition) is 6. The first-order valence-electron chi connectivity index (χ1n) is 14.2. The highest BCUT2D eigenvalue weighted by Crippen LogP contribution is 2.46. The predicted molar refractivity (Wildman–Crippen MR) is 178 cm³/mol. The molecule has 0 radical (unpaired) electrons. The van der Waals surface area contributed by atoms with Crippen LogP contribution >= 0.6 is 46.4 Å². The van der Waals surface area contributed by atoms with E-state index in [2.05, 4.69) is 0 Å². The summed E-state index contributed by atoms with van der Waals surface area (Å²) in [5.41, 5.74) is 3.13. The Hall–Kier alpha value is -3.42. The van der Waals surface area contributed by atoms with Crippen molar-refractivity contribution in [3.05, 3.63) is 115 Å². The molecule has 0 heterocycles. The molecule has 0 aromatic heterocycles. The topological polar surface area (TPSA) is 71.1 Å². The molecule has 5 rings (SSSR count). The van der Waals surface area contributed by atoms with Crippen LogP contribution in [0.5, 0.6) is 23.0 Å². The van der Waals surface area contributed by atoms with E-state index < -0.39 is 0 Å². The van der Waals surface area contributed by atoms with Gasteiger partial charge in [-0.15, -0.1) is 0 Å². The minimum atomic E-state index is -0.219. The smallest absolute Gasteiger partial charge is 0.200 e. The summed E-state index contributed by atoms with van der Waals surface area (Å²) in [6.45, 7) is -0.325. The second kappa shape index (κ2) is 14.8. The first-order chi connectivity index (χ1) is 21.7. The van der Waals surface area contributed by atoms with E-state index in [1.807, 2.05) is 36.4 Å². The van der Waals surface area contributed by atoms with Crippen molar-refractivity contribution in [2.24, 2.45) is 0 Å². The van der Waals surface area contributed by atoms with Gasteiger partial charge in [-0.05, 0) is 103 Å². The van der Waals surface area contributed by atoms with E-state index in [1.165, 1.54) is 12.1 Å². The Morgan fingerprint density at radius 1 is 0.578 bits per heavy atom. The largest absolute Gasteiger partial charge is 0.493 e. The molecule has 0 aliphatic heterocycles. The van der Waals surface area contributed by atoms with Crippen molar-refractivity contribution in [1.29, 1.82) is 0 Å². The lowest BCUT2D eigenvalue weighted by Crippen LogP contribution is -2.12. The van der Waals surface area contributed by atoms with Gasteiger partial charge >= 0.3 is 0 Å². The number of rotatable bonds is 12. The summed E-state index contributed by atoms with van der Waals surface area (Å²) >= 11 is 24.0. The maximum Gasteiger partial charge on any atom is 0.200 e. The second-order valence-corrected chi connectivity index (χ2v) is 12.3. The van der Waals surface area contributed by atoms with E-state index >= 15 is 0 Å². The minimum Gasteiger partial charge on any atom is -0.493 e. The summed E-state index contributed by atoms with van der Waals surface area (Å²) in [6.07, 6.45) is 2.95. The first kappa shape index (κ1) is 33.0. The Balaban J connectivity index is 1.20. The van der Waals surface area contributed by atoms with Crippen LogP contribution < -0.4 is 18.9 Å². The van der Waals surface area contributed by atoms with Crippen LogP contribution in [0.3, 0.4) is 0 Å². The maximum absolute atomic E-state index is 12.6. The molecule has 0 saturated heterocycles. The fraction of sp³-hybridized carbons (Fsp3) is 0.257. The van der Waals surface area contributed by atoms with Crippen molar-refractivity contribution in [3.63, 3.8) is 0 Å². The number of Topliss-reactive ketones (excluding diaryl/α,β-unsaturated/α-hetero) is 2. The monoisotopic (exact) mass is 686 g/mol. The Labute approximate surface area is 282 Å². The van der Waals surface area contributed by atoms with Crippen LogP contribution in [0.15, 0.2) is 72.8 Å². The van der Waals surface area contributed by atoms with E-state index in [-0.39, 0.29) is 24.8 Å². The number of hydrogen-bond donors (Lipinski definition) is 0. The van der Waals surface area contributed by atoms with E-state index in [0.29, 0.717) is 66.1 Å². The SMILES string of the molecule is COc1cc([C@@H]2CC[C@H](c3ccc(OCC(=O)c4ccc(Cl)c(Cl)c4)c(OC)c3)C2)ccc1OCC(=O)c1ccc(Cl)c(Cl)c1. The van der Waals surface area contributed by atoms with Crippen LogP contribution in [0.2, 0.25) is 20.1 Å². The van der Waals surface area contributed by atoms with Gasteiger partial charge in [-0.3, -0.25) is 9.59 Å². The zero-order chi connectivity index (χ0) is 32.1. The third-order valence-electron chi connectivity index (χ3n) is 7.95. The average Bonchev–Trinajstić information content (AvgIpc) is 3.55. The number of benzene rings is 4. The van der Waals surface area contributed by atoms with Crippen molar-refractivity contribution in [2.45, 2.75) is 31.1 Å². The molecule has 0 spiro atoms. The van der Waals surface area contributed by atoms with Gasteiger partial charge in [0.2, 0.25) is 0 Å². The lowest BCUT2D eigenvalue weighted by Gasteiger charge is -2.17. The molecule has 10 heteroatoms. The number of ketones is 2. The standard InChI is InChI=1S/C35H30Cl4O6/c1-42-34-16-22(7-11-32(34)44-18-30(40)24-5-9-26(36)28(38)14-24)20-3-4-21(13-20)23-8-12-33(35(17-23)43-2)45-19-31(41)25-6-10-27(37)29(39)15-25/h5-12,14-17,20-21H,3-4,13,18-19H2,1-2H3/t20-,21+. The zero-order valence-electron chi connectivity index (χ0n) is 24.6. The molecule has 234 valence electrons. The van der Waals surface area contributed by atoms with Gasteiger partial charge in [0.25, 0.3) is 0 Å². The second-order valence-electron chi connectivity index (χ2n) is 10.7. The summed E-state index contributed by atoms with van der Waals surface area (Å²) < 4.78 is 22.9. The van der Waals surface area contributed by atoms with Gasteiger partial charge in [0.05, 0.1) is 34.3 Å². The molecule has 0 amide bonds. The highest BCUT2D eigenvalue weighted by molar-refractivity contribution is 6.42. The van der Waals surface area contributed by atoms with Crippen LogP contribution in [0.1, 0.15) is 62.9 Å². The molecule has 0 N–H and O–H groups in total. The molecule has 4 aromatic carbocycles. The van der Waals surface area contributed by atoms with Crippen molar-refractivity contribution < 1.29 is 28.5 Å². The van der Waals surface area contributed by atoms with Crippen LogP contribution in [0, 0.1) is 0 Å². The highest BCUT2D eigenvalue weighted by atomic mass is 35.5. The van der Waals surface area contributed by atoms with Crippen LogP contribution in [-0.2, 0) is 0 Å². The van der Waals surface area contributed by atoms with E-state index in [4.69, 9.17) is 65.4 Å². The average molecular weight is 688 g/mol. The predicted octanol–water partition coefficient (Wildman–Crippen LogP) is 9.89. The van der Waals surface area contributed by atoms with Crippen LogP contribution in [-0.4, -0.2) is 39.0 Å². The summed E-state index contributed by atoms with van der Waals surface area (Å²) in [5, 5.41) is 1.40. The minimum absolute atomic E-state index is 0.162. The molecular weight excluding hydrogens is 658 g/mol. The molecule has 1 aliphatic rings. The highest BCUT2D eigenvalue weighted by Gasteiger charge is 2.28. The molecule has 0 unspecified atom stereocenters. The molecule has 1 fully saturated rings. The van der Waals surface area contributed by atoms with Gasteiger partial charge in [0.1, 0.15) is 0 Å². The summed E-state index contributed by atoms with van der Waals surface area (Å²) in [6, 6.07) is 21.2. The Morgan fingerprint density at radius 2 is 1.00 bits per heavy atom. The van der Waals surface area contributed by atoms with Gasteiger partial charge in [-0.25, -0.2) is 0 Å². The van der Waals surface area contributed by atoms with Crippen molar-refractivity contribution in [3.8, 4) is 23.0 Å². The molecule has 0 bridgehead atoms. The number of carbonyl (C=O) groups excluding carboxylic acids is 2. The molecule has 6 nitrogen and oxygen atoms in total. The third-order valence-corrected chi connectivity index (χ3v) is 9.43. The van der Waals surface area contributed by atoms with E-state index in [0.717, 1.165) is 30.4 Å². The molecule has 4 aromatic rings. The van der Waals surface area contributed by atoms with Crippen molar-refractivity contribution in [1.82, 2.24) is 0 Å². The van der Waals surface area contributed by atoms with Gasteiger partial charge in [0.15, 0.2) is 47.8 Å². The molecular formula is C35H30Cl4O6.